The van der Waals surface area contributed by atoms with E-state index in [0.29, 0.717) is 12.0 Å². The lowest BCUT2D eigenvalue weighted by Crippen LogP contribution is -2.28. The second-order valence-electron chi connectivity index (χ2n) is 4.32. The second-order valence-corrected chi connectivity index (χ2v) is 4.32. The van der Waals surface area contributed by atoms with Gasteiger partial charge in [0.05, 0.1) is 0 Å². The van der Waals surface area contributed by atoms with Gasteiger partial charge in [-0.25, -0.2) is 0 Å². The van der Waals surface area contributed by atoms with E-state index in [1.54, 1.807) is 0 Å². The molecule has 1 fully saturated rings. The fourth-order valence-corrected chi connectivity index (χ4v) is 2.07. The van der Waals surface area contributed by atoms with Crippen LogP contribution in [0.3, 0.4) is 0 Å². The highest BCUT2D eigenvalue weighted by molar-refractivity contribution is 5.14. The van der Waals surface area contributed by atoms with Crippen molar-refractivity contribution in [2.24, 2.45) is 11.7 Å². The highest BCUT2D eigenvalue weighted by Crippen LogP contribution is 2.16. The summed E-state index contributed by atoms with van der Waals surface area (Å²) in [5.74, 6) is 0.638. The summed E-state index contributed by atoms with van der Waals surface area (Å²) in [5, 5.41) is 0. The van der Waals surface area contributed by atoms with Crippen molar-refractivity contribution >= 4 is 0 Å². The van der Waals surface area contributed by atoms with Crippen LogP contribution in [0.4, 0.5) is 0 Å². The first-order chi connectivity index (χ1) is 6.75. The molecule has 0 amide bonds. The van der Waals surface area contributed by atoms with E-state index >= 15 is 0 Å². The summed E-state index contributed by atoms with van der Waals surface area (Å²) < 4.78 is 0. The number of hydrogen-bond acceptors (Lipinski definition) is 2. The van der Waals surface area contributed by atoms with Gasteiger partial charge < -0.3 is 5.73 Å². The van der Waals surface area contributed by atoms with E-state index in [-0.39, 0.29) is 0 Å². The third-order valence-electron chi connectivity index (χ3n) is 3.00. The van der Waals surface area contributed by atoms with Crippen molar-refractivity contribution < 1.29 is 0 Å². The molecule has 1 aliphatic heterocycles. The molecule has 1 heterocycles. The molecule has 0 saturated carbocycles. The lowest BCUT2D eigenvalue weighted by Gasteiger charge is -2.14. The van der Waals surface area contributed by atoms with Gasteiger partial charge in [0.15, 0.2) is 0 Å². The van der Waals surface area contributed by atoms with Crippen molar-refractivity contribution in [1.29, 1.82) is 0 Å². The number of likely N-dealkylation sites (tertiary alicyclic amines) is 1. The SMILES string of the molecule is C[C@H]1CN(Cc2ccccc2)C[C@@H]1N. The summed E-state index contributed by atoms with van der Waals surface area (Å²) in [6.07, 6.45) is 0. The molecule has 2 rings (SSSR count). The fraction of sp³-hybridized carbons (Fsp3) is 0.500. The minimum Gasteiger partial charge on any atom is -0.326 e. The monoisotopic (exact) mass is 190 g/mol. The predicted molar refractivity (Wildman–Crippen MR) is 58.9 cm³/mol. The molecule has 1 aromatic carbocycles. The number of benzene rings is 1. The van der Waals surface area contributed by atoms with E-state index in [2.05, 4.69) is 42.2 Å². The lowest BCUT2D eigenvalue weighted by molar-refractivity contribution is 0.319. The van der Waals surface area contributed by atoms with Crippen LogP contribution in [0.2, 0.25) is 0 Å². The summed E-state index contributed by atoms with van der Waals surface area (Å²) in [5.41, 5.74) is 7.36. The van der Waals surface area contributed by atoms with Gasteiger partial charge in [0.1, 0.15) is 0 Å². The Bertz CT molecular complexity index is 274. The molecule has 1 saturated heterocycles. The van der Waals surface area contributed by atoms with Gasteiger partial charge in [-0.05, 0) is 11.5 Å². The summed E-state index contributed by atoms with van der Waals surface area (Å²) >= 11 is 0. The maximum absolute atomic E-state index is 5.98. The molecule has 2 heteroatoms. The van der Waals surface area contributed by atoms with Crippen LogP contribution in [-0.2, 0) is 6.54 Å². The molecule has 0 aromatic heterocycles. The summed E-state index contributed by atoms with van der Waals surface area (Å²) in [6.45, 7) is 5.45. The largest absolute Gasteiger partial charge is 0.326 e. The van der Waals surface area contributed by atoms with Crippen molar-refractivity contribution in [2.45, 2.75) is 19.5 Å². The molecular formula is C12H18N2. The Morgan fingerprint density at radius 1 is 1.29 bits per heavy atom. The second kappa shape index (κ2) is 4.11. The quantitative estimate of drug-likeness (QED) is 0.765. The van der Waals surface area contributed by atoms with Crippen LogP contribution in [0.5, 0.6) is 0 Å². The van der Waals surface area contributed by atoms with Crippen LogP contribution in [0, 0.1) is 5.92 Å². The van der Waals surface area contributed by atoms with Crippen molar-refractivity contribution in [3.8, 4) is 0 Å². The van der Waals surface area contributed by atoms with E-state index in [4.69, 9.17) is 5.73 Å². The molecule has 0 radical (unpaired) electrons. The highest BCUT2D eigenvalue weighted by Gasteiger charge is 2.25. The van der Waals surface area contributed by atoms with Crippen LogP contribution >= 0.6 is 0 Å². The zero-order chi connectivity index (χ0) is 9.97. The Kier molecular flexibility index (Phi) is 2.85. The minimum atomic E-state index is 0.360. The molecule has 76 valence electrons. The summed E-state index contributed by atoms with van der Waals surface area (Å²) in [6, 6.07) is 11.0. The first-order valence-electron chi connectivity index (χ1n) is 5.27. The van der Waals surface area contributed by atoms with Crippen LogP contribution in [-0.4, -0.2) is 24.0 Å². The smallest absolute Gasteiger partial charge is 0.0234 e. The Hall–Kier alpha value is -0.860. The average molecular weight is 190 g/mol. The maximum atomic E-state index is 5.98. The highest BCUT2D eigenvalue weighted by atomic mass is 15.2. The Morgan fingerprint density at radius 2 is 2.00 bits per heavy atom. The van der Waals surface area contributed by atoms with Crippen molar-refractivity contribution in [2.75, 3.05) is 13.1 Å². The maximum Gasteiger partial charge on any atom is 0.0234 e. The van der Waals surface area contributed by atoms with Crippen LogP contribution in [0.15, 0.2) is 30.3 Å². The standard InChI is InChI=1S/C12H18N2/c1-10-7-14(9-12(10)13)8-11-5-3-2-4-6-11/h2-6,10,12H,7-9,13H2,1H3/t10-,12-/m0/s1. The molecule has 2 N–H and O–H groups in total. The van der Waals surface area contributed by atoms with Gasteiger partial charge in [-0.2, -0.15) is 0 Å². The average Bonchev–Trinajstić information content (AvgIpc) is 2.47. The molecule has 0 bridgehead atoms. The first-order valence-corrected chi connectivity index (χ1v) is 5.27. The minimum absolute atomic E-state index is 0.360. The van der Waals surface area contributed by atoms with Crippen molar-refractivity contribution in [1.82, 2.24) is 4.90 Å². The topological polar surface area (TPSA) is 29.3 Å². The van der Waals surface area contributed by atoms with Crippen molar-refractivity contribution in [3.63, 3.8) is 0 Å². The van der Waals surface area contributed by atoms with Crippen molar-refractivity contribution in [3.05, 3.63) is 35.9 Å². The van der Waals surface area contributed by atoms with Gasteiger partial charge in [0, 0.05) is 25.7 Å². The zero-order valence-corrected chi connectivity index (χ0v) is 8.69. The molecule has 0 unspecified atom stereocenters. The van der Waals surface area contributed by atoms with Crippen LogP contribution in [0.25, 0.3) is 0 Å². The molecule has 1 aromatic rings. The van der Waals surface area contributed by atoms with E-state index in [0.717, 1.165) is 19.6 Å². The molecule has 2 nitrogen and oxygen atoms in total. The number of hydrogen-bond donors (Lipinski definition) is 1. The third-order valence-corrected chi connectivity index (χ3v) is 3.00. The lowest BCUT2D eigenvalue weighted by atomic mass is 10.1. The van der Waals surface area contributed by atoms with Crippen LogP contribution < -0.4 is 5.73 Å². The van der Waals surface area contributed by atoms with Gasteiger partial charge in [-0.3, -0.25) is 4.90 Å². The molecule has 2 atom stereocenters. The van der Waals surface area contributed by atoms with E-state index in [1.165, 1.54) is 5.56 Å². The third kappa shape index (κ3) is 2.14. The molecule has 1 aliphatic rings. The molecule has 0 aliphatic carbocycles. The summed E-state index contributed by atoms with van der Waals surface area (Å²) in [4.78, 5) is 2.44. The number of rotatable bonds is 2. The number of nitrogens with zero attached hydrogens (tertiary/aromatic N) is 1. The van der Waals surface area contributed by atoms with Gasteiger partial charge in [0.2, 0.25) is 0 Å². The van der Waals surface area contributed by atoms with E-state index in [9.17, 15) is 0 Å². The molecule has 0 spiro atoms. The Morgan fingerprint density at radius 3 is 2.57 bits per heavy atom. The van der Waals surface area contributed by atoms with Crippen LogP contribution in [0.1, 0.15) is 12.5 Å². The van der Waals surface area contributed by atoms with E-state index in [1.807, 2.05) is 0 Å². The van der Waals surface area contributed by atoms with Gasteiger partial charge in [-0.15, -0.1) is 0 Å². The van der Waals surface area contributed by atoms with Gasteiger partial charge in [0.25, 0.3) is 0 Å². The predicted octanol–water partition coefficient (Wildman–Crippen LogP) is 1.47. The summed E-state index contributed by atoms with van der Waals surface area (Å²) in [7, 11) is 0. The molecular weight excluding hydrogens is 172 g/mol. The van der Waals surface area contributed by atoms with Gasteiger partial charge >= 0.3 is 0 Å². The van der Waals surface area contributed by atoms with E-state index < -0.39 is 0 Å². The first kappa shape index (κ1) is 9.69. The molecule has 14 heavy (non-hydrogen) atoms. The number of nitrogens with two attached hydrogens (primary N) is 1. The fourth-order valence-electron chi connectivity index (χ4n) is 2.07. The van der Waals surface area contributed by atoms with Gasteiger partial charge in [-0.1, -0.05) is 37.3 Å². The normalized spacial score (nSPS) is 28.1. The Balaban J connectivity index is 1.94. The zero-order valence-electron chi connectivity index (χ0n) is 8.69. The Labute approximate surface area is 85.7 Å².